The molecule has 208 valence electrons. The number of nitrogens with one attached hydrogen (secondary N) is 3. The van der Waals surface area contributed by atoms with Gasteiger partial charge in [0, 0.05) is 54.7 Å². The molecule has 1 amide bonds. The van der Waals surface area contributed by atoms with Crippen LogP contribution in [0.4, 0.5) is 34.8 Å². The Morgan fingerprint density at radius 2 is 1.80 bits per heavy atom. The van der Waals surface area contributed by atoms with Crippen molar-refractivity contribution in [1.82, 2.24) is 25.2 Å². The molecule has 0 spiro atoms. The molecule has 2 saturated heterocycles. The summed E-state index contributed by atoms with van der Waals surface area (Å²) >= 11 is 0. The highest BCUT2D eigenvalue weighted by molar-refractivity contribution is 6.02. The third-order valence-corrected chi connectivity index (χ3v) is 6.88. The molecule has 2 aliphatic rings. The van der Waals surface area contributed by atoms with E-state index >= 15 is 4.39 Å². The number of rotatable bonds is 6. The van der Waals surface area contributed by atoms with Crippen LogP contribution in [0.1, 0.15) is 16.1 Å². The highest BCUT2D eigenvalue weighted by atomic mass is 19.3. The molecule has 2 aliphatic heterocycles. The molecule has 13 heteroatoms. The Bertz CT molecular complexity index is 1580. The summed E-state index contributed by atoms with van der Waals surface area (Å²) in [6.07, 6.45) is 1.08. The second-order valence-electron chi connectivity index (χ2n) is 9.84. The Labute approximate surface area is 226 Å². The van der Waals surface area contributed by atoms with Gasteiger partial charge < -0.3 is 30.2 Å². The Morgan fingerprint density at radius 3 is 2.50 bits per heavy atom. The number of benzene rings is 2. The van der Waals surface area contributed by atoms with Gasteiger partial charge in [0.15, 0.2) is 23.2 Å². The molecule has 3 N–H and O–H groups in total. The summed E-state index contributed by atoms with van der Waals surface area (Å²) in [5, 5.41) is 6.28. The minimum absolute atomic E-state index is 0.0282. The summed E-state index contributed by atoms with van der Waals surface area (Å²) in [7, 11) is 0. The number of alkyl halides is 2. The monoisotopic (exact) mass is 555 g/mol. The molecule has 6 rings (SSSR count). The summed E-state index contributed by atoms with van der Waals surface area (Å²) < 4.78 is 62.9. The van der Waals surface area contributed by atoms with E-state index in [9.17, 15) is 18.0 Å². The number of likely N-dealkylation sites (tertiary alicyclic amines) is 1. The van der Waals surface area contributed by atoms with Crippen molar-refractivity contribution in [3.63, 3.8) is 0 Å². The molecule has 2 aromatic carbocycles. The molecular weight excluding hydrogens is 530 g/mol. The summed E-state index contributed by atoms with van der Waals surface area (Å²) in [6.45, 7) is 3.55. The molecule has 0 saturated carbocycles. The number of ether oxygens (including phenoxy) is 1. The number of carbonyl (C=O) groups excluding carboxylic acids is 1. The normalized spacial score (nSPS) is 16.6. The molecule has 0 atom stereocenters. The number of fused-ring (bicyclic) bond motifs is 1. The molecule has 0 unspecified atom stereocenters. The fourth-order valence-electron chi connectivity index (χ4n) is 4.88. The zero-order chi connectivity index (χ0) is 28.0. The first kappa shape index (κ1) is 25.9. The van der Waals surface area contributed by atoms with Gasteiger partial charge in [-0.3, -0.25) is 4.79 Å². The number of nitrogens with zero attached hydrogens (tertiary/aromatic N) is 4. The first-order valence-corrected chi connectivity index (χ1v) is 12.7. The maximum Gasteiger partial charge on any atom is 0.282 e. The second-order valence-corrected chi connectivity index (χ2v) is 9.84. The van der Waals surface area contributed by atoms with Crippen molar-refractivity contribution in [2.75, 3.05) is 49.5 Å². The molecule has 0 aliphatic carbocycles. The van der Waals surface area contributed by atoms with Crippen LogP contribution in [0.2, 0.25) is 0 Å². The second kappa shape index (κ2) is 9.97. The van der Waals surface area contributed by atoms with Gasteiger partial charge in [0.1, 0.15) is 11.9 Å². The molecule has 4 heterocycles. The Balaban J connectivity index is 1.35. The molecule has 2 aromatic heterocycles. The molecule has 0 radical (unpaired) electrons. The molecule has 2 fully saturated rings. The van der Waals surface area contributed by atoms with E-state index in [0.717, 1.165) is 49.2 Å². The van der Waals surface area contributed by atoms with Gasteiger partial charge in [-0.05, 0) is 37.3 Å². The summed E-state index contributed by atoms with van der Waals surface area (Å²) in [4.78, 5) is 27.4. The minimum atomic E-state index is -3.02. The van der Waals surface area contributed by atoms with E-state index in [4.69, 9.17) is 4.74 Å². The van der Waals surface area contributed by atoms with Gasteiger partial charge in [0.05, 0.1) is 18.6 Å². The number of carbonyl (C=O) groups is 1. The average molecular weight is 556 g/mol. The van der Waals surface area contributed by atoms with Gasteiger partial charge in [-0.25, -0.2) is 27.5 Å². The molecule has 40 heavy (non-hydrogen) atoms. The largest absolute Gasteiger partial charge is 0.435 e. The highest BCUT2D eigenvalue weighted by Gasteiger charge is 2.47. The first-order chi connectivity index (χ1) is 19.2. The van der Waals surface area contributed by atoms with Crippen molar-refractivity contribution in [2.24, 2.45) is 0 Å². The lowest BCUT2D eigenvalue weighted by atomic mass is 10.1. The van der Waals surface area contributed by atoms with Crippen LogP contribution >= 0.6 is 0 Å². The maximum atomic E-state index is 15.3. The smallest absolute Gasteiger partial charge is 0.282 e. The van der Waals surface area contributed by atoms with Crippen molar-refractivity contribution >= 4 is 34.0 Å². The van der Waals surface area contributed by atoms with E-state index in [1.807, 2.05) is 12.1 Å². The Kier molecular flexibility index (Phi) is 6.45. The topological polar surface area (TPSA) is 98.4 Å². The van der Waals surface area contributed by atoms with Crippen LogP contribution in [0.15, 0.2) is 42.7 Å². The predicted molar refractivity (Wildman–Crippen MR) is 141 cm³/mol. The standard InChI is InChI=1S/C27H25F4N7O2/c1-15-10-18-22(29)20(11-19(28)23(18)35-15)40-25-21(26(39)38-12-27(30,31)13-38)24(33-14-34-25)36-16-2-4-17(5-3-16)37-8-6-32-7-9-37/h2-5,10-11,14,32,35H,6-9,12-13H2,1H3,(H,33,34,36). The van der Waals surface area contributed by atoms with Crippen molar-refractivity contribution in [3.8, 4) is 11.6 Å². The Morgan fingerprint density at radius 1 is 1.07 bits per heavy atom. The zero-order valence-corrected chi connectivity index (χ0v) is 21.4. The number of aromatic nitrogens is 3. The summed E-state index contributed by atoms with van der Waals surface area (Å²) in [6, 6.07) is 9.67. The van der Waals surface area contributed by atoms with E-state index in [2.05, 4.69) is 30.5 Å². The zero-order valence-electron chi connectivity index (χ0n) is 21.4. The number of hydrogen-bond acceptors (Lipinski definition) is 7. The summed E-state index contributed by atoms with van der Waals surface area (Å²) in [5.74, 6) is -6.44. The number of H-pyrrole nitrogens is 1. The maximum absolute atomic E-state index is 15.3. The summed E-state index contributed by atoms with van der Waals surface area (Å²) in [5.41, 5.74) is 1.81. The lowest BCUT2D eigenvalue weighted by Crippen LogP contribution is -2.58. The Hall–Kier alpha value is -4.39. The lowest BCUT2D eigenvalue weighted by Gasteiger charge is -2.38. The third-order valence-electron chi connectivity index (χ3n) is 6.88. The SMILES string of the molecule is Cc1cc2c(F)c(Oc3ncnc(Nc4ccc(N5CCNCC5)cc4)c3C(=O)N3CC(F)(F)C3)cc(F)c2[nH]1. The van der Waals surface area contributed by atoms with Crippen LogP contribution in [0.3, 0.4) is 0 Å². The van der Waals surface area contributed by atoms with Crippen LogP contribution < -0.4 is 20.3 Å². The number of aryl methyl sites for hydroxylation is 1. The number of halogens is 4. The van der Waals surface area contributed by atoms with Gasteiger partial charge in [-0.15, -0.1) is 0 Å². The lowest BCUT2D eigenvalue weighted by molar-refractivity contribution is -0.113. The quantitative estimate of drug-likeness (QED) is 0.300. The van der Waals surface area contributed by atoms with Crippen molar-refractivity contribution in [1.29, 1.82) is 0 Å². The van der Waals surface area contributed by atoms with Crippen LogP contribution in [0, 0.1) is 18.6 Å². The van der Waals surface area contributed by atoms with E-state index < -0.39 is 48.2 Å². The number of aromatic amines is 1. The van der Waals surface area contributed by atoms with Gasteiger partial charge >= 0.3 is 0 Å². The average Bonchev–Trinajstić information content (AvgIpc) is 3.33. The number of amides is 1. The van der Waals surface area contributed by atoms with Crippen LogP contribution in [-0.4, -0.2) is 71.0 Å². The number of anilines is 3. The van der Waals surface area contributed by atoms with Crippen molar-refractivity contribution in [3.05, 3.63) is 65.6 Å². The van der Waals surface area contributed by atoms with Crippen LogP contribution in [0.5, 0.6) is 11.6 Å². The van der Waals surface area contributed by atoms with E-state index in [1.54, 1.807) is 19.1 Å². The van der Waals surface area contributed by atoms with Crippen LogP contribution in [-0.2, 0) is 0 Å². The first-order valence-electron chi connectivity index (χ1n) is 12.7. The predicted octanol–water partition coefficient (Wildman–Crippen LogP) is 4.58. The van der Waals surface area contributed by atoms with Gasteiger partial charge in [-0.2, -0.15) is 0 Å². The van der Waals surface area contributed by atoms with Gasteiger partial charge in [0.25, 0.3) is 11.8 Å². The van der Waals surface area contributed by atoms with E-state index in [-0.39, 0.29) is 22.3 Å². The minimum Gasteiger partial charge on any atom is -0.435 e. The van der Waals surface area contributed by atoms with E-state index in [0.29, 0.717) is 11.4 Å². The van der Waals surface area contributed by atoms with Gasteiger partial charge in [0.2, 0.25) is 5.88 Å². The fourth-order valence-corrected chi connectivity index (χ4v) is 4.88. The number of piperazine rings is 1. The molecule has 0 bridgehead atoms. The highest BCUT2D eigenvalue weighted by Crippen LogP contribution is 2.37. The van der Waals surface area contributed by atoms with Crippen molar-refractivity contribution in [2.45, 2.75) is 12.8 Å². The van der Waals surface area contributed by atoms with Crippen LogP contribution in [0.25, 0.3) is 10.9 Å². The molecular formula is C27H25F4N7O2. The molecule has 4 aromatic rings. The molecule has 9 nitrogen and oxygen atoms in total. The van der Waals surface area contributed by atoms with Gasteiger partial charge in [-0.1, -0.05) is 0 Å². The number of hydrogen-bond donors (Lipinski definition) is 3. The van der Waals surface area contributed by atoms with Crippen molar-refractivity contribution < 1.29 is 27.1 Å². The third kappa shape index (κ3) is 4.88. The fraction of sp³-hybridized carbons (Fsp3) is 0.296. The van der Waals surface area contributed by atoms with E-state index in [1.165, 1.54) is 6.07 Å².